The summed E-state index contributed by atoms with van der Waals surface area (Å²) in [5, 5.41) is 11.2. The number of non-ortho nitro benzene ring substituents is 1. The van der Waals surface area contributed by atoms with Crippen LogP contribution in [0.25, 0.3) is 6.08 Å². The number of piperazine rings is 1. The summed E-state index contributed by atoms with van der Waals surface area (Å²) >= 11 is 0. The molecule has 0 radical (unpaired) electrons. The van der Waals surface area contributed by atoms with Crippen molar-refractivity contribution < 1.29 is 23.6 Å². The highest BCUT2D eigenvalue weighted by Gasteiger charge is 2.22. The SMILES string of the molecule is O=C(/C=C/c1cc([N+](=O)[O-])cc2c1OCOC2)N1CCN(c2ccc(F)cc2)CC1. The highest BCUT2D eigenvalue weighted by atomic mass is 19.1. The van der Waals surface area contributed by atoms with Crippen molar-refractivity contribution in [3.63, 3.8) is 0 Å². The van der Waals surface area contributed by atoms with Crippen LogP contribution in [0.1, 0.15) is 11.1 Å². The summed E-state index contributed by atoms with van der Waals surface area (Å²) in [4.78, 5) is 27.1. The number of fused-ring (bicyclic) bond motifs is 1. The average Bonchev–Trinajstić information content (AvgIpc) is 2.77. The number of hydrogen-bond acceptors (Lipinski definition) is 6. The molecule has 2 aromatic carbocycles. The number of carbonyl (C=O) groups is 1. The number of benzene rings is 2. The predicted octanol–water partition coefficient (Wildman–Crippen LogP) is 2.96. The summed E-state index contributed by atoms with van der Waals surface area (Å²) < 4.78 is 23.8. The van der Waals surface area contributed by atoms with Crippen molar-refractivity contribution in [2.45, 2.75) is 6.61 Å². The number of halogens is 1. The lowest BCUT2D eigenvalue weighted by Crippen LogP contribution is -2.48. The first kappa shape index (κ1) is 19.8. The van der Waals surface area contributed by atoms with Gasteiger partial charge in [-0.1, -0.05) is 0 Å². The third-order valence-electron chi connectivity index (χ3n) is 5.12. The van der Waals surface area contributed by atoms with Gasteiger partial charge in [-0.15, -0.1) is 0 Å². The number of hydrogen-bond donors (Lipinski definition) is 0. The molecule has 0 saturated carbocycles. The van der Waals surface area contributed by atoms with Crippen molar-refractivity contribution in [1.29, 1.82) is 0 Å². The van der Waals surface area contributed by atoms with Crippen LogP contribution in [-0.4, -0.2) is 48.7 Å². The van der Waals surface area contributed by atoms with E-state index in [2.05, 4.69) is 4.90 Å². The van der Waals surface area contributed by atoms with Gasteiger partial charge in [-0.2, -0.15) is 0 Å². The number of amides is 1. The zero-order chi connectivity index (χ0) is 21.1. The molecule has 9 heteroatoms. The van der Waals surface area contributed by atoms with E-state index < -0.39 is 4.92 Å². The molecule has 4 rings (SSSR count). The molecule has 0 aromatic heterocycles. The second-order valence-electron chi connectivity index (χ2n) is 7.01. The van der Waals surface area contributed by atoms with E-state index in [-0.39, 0.29) is 30.8 Å². The Kier molecular flexibility index (Phi) is 5.62. The summed E-state index contributed by atoms with van der Waals surface area (Å²) in [5.74, 6) is 0.0367. The van der Waals surface area contributed by atoms with Gasteiger partial charge in [0.15, 0.2) is 6.79 Å². The Labute approximate surface area is 172 Å². The number of carbonyl (C=O) groups excluding carboxylic acids is 1. The summed E-state index contributed by atoms with van der Waals surface area (Å²) in [6.07, 6.45) is 2.96. The number of nitro benzene ring substituents is 1. The number of rotatable bonds is 4. The first-order valence-electron chi connectivity index (χ1n) is 9.50. The topological polar surface area (TPSA) is 85.1 Å². The lowest BCUT2D eigenvalue weighted by atomic mass is 10.1. The molecule has 156 valence electrons. The molecule has 8 nitrogen and oxygen atoms in total. The third kappa shape index (κ3) is 4.25. The van der Waals surface area contributed by atoms with Gasteiger partial charge < -0.3 is 19.3 Å². The molecule has 0 bridgehead atoms. The molecule has 1 amide bonds. The Hall–Kier alpha value is -3.46. The van der Waals surface area contributed by atoms with Crippen LogP contribution in [0.4, 0.5) is 15.8 Å². The fourth-order valence-corrected chi connectivity index (χ4v) is 3.56. The van der Waals surface area contributed by atoms with Crippen molar-refractivity contribution in [1.82, 2.24) is 4.90 Å². The smallest absolute Gasteiger partial charge is 0.270 e. The Bertz CT molecular complexity index is 985. The maximum Gasteiger partial charge on any atom is 0.270 e. The molecular formula is C21H20FN3O5. The first-order chi connectivity index (χ1) is 14.5. The molecule has 0 atom stereocenters. The fourth-order valence-electron chi connectivity index (χ4n) is 3.56. The molecule has 0 aliphatic carbocycles. The van der Waals surface area contributed by atoms with E-state index in [4.69, 9.17) is 9.47 Å². The van der Waals surface area contributed by atoms with Crippen molar-refractivity contribution in [3.05, 3.63) is 69.5 Å². The van der Waals surface area contributed by atoms with E-state index in [9.17, 15) is 19.3 Å². The Balaban J connectivity index is 1.44. The molecule has 0 N–H and O–H groups in total. The normalized spacial score (nSPS) is 16.3. The van der Waals surface area contributed by atoms with E-state index in [0.717, 1.165) is 5.69 Å². The van der Waals surface area contributed by atoms with Crippen LogP contribution >= 0.6 is 0 Å². The van der Waals surface area contributed by atoms with Crippen molar-refractivity contribution in [2.24, 2.45) is 0 Å². The molecule has 1 saturated heterocycles. The summed E-state index contributed by atoms with van der Waals surface area (Å²) in [5.41, 5.74) is 1.89. The molecular weight excluding hydrogens is 393 g/mol. The van der Waals surface area contributed by atoms with E-state index >= 15 is 0 Å². The van der Waals surface area contributed by atoms with Gasteiger partial charge in [-0.05, 0) is 30.3 Å². The summed E-state index contributed by atoms with van der Waals surface area (Å²) in [6.45, 7) is 2.60. The minimum absolute atomic E-state index is 0.0605. The molecule has 1 fully saturated rings. The highest BCUT2D eigenvalue weighted by molar-refractivity contribution is 5.92. The van der Waals surface area contributed by atoms with E-state index in [0.29, 0.717) is 43.1 Å². The second kappa shape index (κ2) is 8.50. The van der Waals surface area contributed by atoms with Crippen LogP contribution in [0, 0.1) is 15.9 Å². The monoisotopic (exact) mass is 413 g/mol. The van der Waals surface area contributed by atoms with E-state index in [1.807, 2.05) is 0 Å². The Morgan fingerprint density at radius 3 is 2.57 bits per heavy atom. The van der Waals surface area contributed by atoms with Crippen LogP contribution in [0.2, 0.25) is 0 Å². The quantitative estimate of drug-likeness (QED) is 0.435. The highest BCUT2D eigenvalue weighted by Crippen LogP contribution is 2.33. The largest absolute Gasteiger partial charge is 0.467 e. The van der Waals surface area contributed by atoms with Gasteiger partial charge in [0.25, 0.3) is 5.69 Å². The molecule has 2 heterocycles. The van der Waals surface area contributed by atoms with Gasteiger partial charge in [-0.3, -0.25) is 14.9 Å². The van der Waals surface area contributed by atoms with Crippen LogP contribution in [0.3, 0.4) is 0 Å². The van der Waals surface area contributed by atoms with Gasteiger partial charge >= 0.3 is 0 Å². The second-order valence-corrected chi connectivity index (χ2v) is 7.01. The molecule has 0 unspecified atom stereocenters. The van der Waals surface area contributed by atoms with E-state index in [1.165, 1.54) is 30.3 Å². The standard InChI is InChI=1S/C21H20FN3O5/c22-17-2-4-18(5-3-17)23-7-9-24(10-8-23)20(26)6-1-15-11-19(25(27)28)12-16-13-29-14-30-21(15)16/h1-6,11-12H,7-10,13-14H2/b6-1+. The molecule has 2 aliphatic rings. The maximum absolute atomic E-state index is 13.1. The van der Waals surface area contributed by atoms with Gasteiger partial charge in [0.05, 0.1) is 11.5 Å². The van der Waals surface area contributed by atoms with Crippen LogP contribution < -0.4 is 9.64 Å². The number of nitro groups is 1. The third-order valence-corrected chi connectivity index (χ3v) is 5.12. The number of nitrogens with zero attached hydrogens (tertiary/aromatic N) is 3. The first-order valence-corrected chi connectivity index (χ1v) is 9.50. The van der Waals surface area contributed by atoms with Gasteiger partial charge in [0, 0.05) is 61.2 Å². The maximum atomic E-state index is 13.1. The van der Waals surface area contributed by atoms with Gasteiger partial charge in [0.1, 0.15) is 11.6 Å². The molecule has 2 aromatic rings. The fraction of sp³-hybridized carbons (Fsp3) is 0.286. The average molecular weight is 413 g/mol. The van der Waals surface area contributed by atoms with Crippen LogP contribution in [0.15, 0.2) is 42.5 Å². The minimum atomic E-state index is -0.483. The van der Waals surface area contributed by atoms with Crippen LogP contribution in [0.5, 0.6) is 5.75 Å². The molecule has 2 aliphatic heterocycles. The van der Waals surface area contributed by atoms with Crippen molar-refractivity contribution in [2.75, 3.05) is 37.9 Å². The van der Waals surface area contributed by atoms with Gasteiger partial charge in [0.2, 0.25) is 5.91 Å². The van der Waals surface area contributed by atoms with Crippen LogP contribution in [-0.2, 0) is 16.1 Å². The van der Waals surface area contributed by atoms with Crippen molar-refractivity contribution in [3.8, 4) is 5.75 Å². The Morgan fingerprint density at radius 2 is 1.87 bits per heavy atom. The van der Waals surface area contributed by atoms with E-state index in [1.54, 1.807) is 23.1 Å². The summed E-state index contributed by atoms with van der Waals surface area (Å²) in [6, 6.07) is 9.09. The number of anilines is 1. The zero-order valence-corrected chi connectivity index (χ0v) is 16.1. The lowest BCUT2D eigenvalue weighted by molar-refractivity contribution is -0.385. The van der Waals surface area contributed by atoms with Crippen molar-refractivity contribution >= 4 is 23.4 Å². The molecule has 30 heavy (non-hydrogen) atoms. The number of ether oxygens (including phenoxy) is 2. The van der Waals surface area contributed by atoms with Gasteiger partial charge in [-0.25, -0.2) is 4.39 Å². The summed E-state index contributed by atoms with van der Waals surface area (Å²) in [7, 11) is 0. The lowest BCUT2D eigenvalue weighted by Gasteiger charge is -2.35. The predicted molar refractivity (Wildman–Crippen MR) is 108 cm³/mol. The Morgan fingerprint density at radius 1 is 1.13 bits per heavy atom. The molecule has 0 spiro atoms. The minimum Gasteiger partial charge on any atom is -0.467 e. The zero-order valence-electron chi connectivity index (χ0n) is 16.1.